The van der Waals surface area contributed by atoms with E-state index in [1.165, 1.54) is 22.2 Å². The summed E-state index contributed by atoms with van der Waals surface area (Å²) in [4.78, 5) is 47.4. The van der Waals surface area contributed by atoms with E-state index >= 15 is 0 Å². The van der Waals surface area contributed by atoms with Gasteiger partial charge in [0.1, 0.15) is 0 Å². The molecule has 2 aromatic rings. The van der Waals surface area contributed by atoms with Gasteiger partial charge in [-0.2, -0.15) is 0 Å². The van der Waals surface area contributed by atoms with Gasteiger partial charge in [-0.15, -0.1) is 0 Å². The first-order valence-electron chi connectivity index (χ1n) is 11.9. The Bertz CT molecular complexity index is 1200. The summed E-state index contributed by atoms with van der Waals surface area (Å²) >= 11 is 0. The molecule has 1 unspecified atom stereocenters. The number of aromatic nitrogens is 1. The van der Waals surface area contributed by atoms with Crippen molar-refractivity contribution in [3.8, 4) is 0 Å². The van der Waals surface area contributed by atoms with Gasteiger partial charge in [0.25, 0.3) is 0 Å². The van der Waals surface area contributed by atoms with Crippen molar-refractivity contribution in [1.82, 2.24) is 19.9 Å². The van der Waals surface area contributed by atoms with E-state index in [0.717, 1.165) is 12.1 Å². The monoisotopic (exact) mass is 515 g/mol. The summed E-state index contributed by atoms with van der Waals surface area (Å²) in [6.07, 6.45) is 1.40. The van der Waals surface area contributed by atoms with E-state index in [9.17, 15) is 28.5 Å². The van der Waals surface area contributed by atoms with Gasteiger partial charge < -0.3 is 15.0 Å². The fraction of sp³-hybridized carbons (Fsp3) is 0.417. The number of halogens is 2. The smallest absolute Gasteiger partial charge is 0.358 e. The standard InChI is InChI=1S/C24H27F2N7O4/c1-17-14-21(18-6-7-19(25)20(26)15-18)32(24(35)27-17)31(16-34)9-3-8-29-10-12-30(13-11-29)22-4-2-5-23(28-22)33(36)37/h2,4-7,15-16,21H,3,8-14H2,1H3. The Balaban J connectivity index is 1.35. The van der Waals surface area contributed by atoms with Crippen LogP contribution in [0, 0.1) is 21.7 Å². The largest absolute Gasteiger partial charge is 0.365 e. The van der Waals surface area contributed by atoms with E-state index in [1.807, 2.05) is 4.90 Å². The molecule has 11 nitrogen and oxygen atoms in total. The van der Waals surface area contributed by atoms with Crippen LogP contribution in [0.25, 0.3) is 0 Å². The highest BCUT2D eigenvalue weighted by molar-refractivity contribution is 5.96. The first-order valence-corrected chi connectivity index (χ1v) is 11.9. The van der Waals surface area contributed by atoms with Crippen molar-refractivity contribution in [3.05, 3.63) is 63.7 Å². The first kappa shape index (κ1) is 26.1. The second-order valence-corrected chi connectivity index (χ2v) is 8.93. The van der Waals surface area contributed by atoms with Crippen LogP contribution in [0.1, 0.15) is 31.4 Å². The van der Waals surface area contributed by atoms with Crippen LogP contribution in [-0.2, 0) is 4.79 Å². The number of benzene rings is 1. The second-order valence-electron chi connectivity index (χ2n) is 8.93. The molecule has 196 valence electrons. The molecule has 1 saturated heterocycles. The van der Waals surface area contributed by atoms with E-state index in [2.05, 4.69) is 14.9 Å². The van der Waals surface area contributed by atoms with Crippen LogP contribution in [0.3, 0.4) is 0 Å². The highest BCUT2D eigenvalue weighted by atomic mass is 19.2. The van der Waals surface area contributed by atoms with Crippen LogP contribution < -0.4 is 4.90 Å². The number of hydrogen-bond acceptors (Lipinski definition) is 7. The van der Waals surface area contributed by atoms with Crippen molar-refractivity contribution in [2.75, 3.05) is 44.2 Å². The van der Waals surface area contributed by atoms with Gasteiger partial charge in [0.05, 0.1) is 6.04 Å². The molecule has 0 saturated carbocycles. The minimum absolute atomic E-state index is 0.192. The minimum atomic E-state index is -1.03. The molecular formula is C24H27F2N7O4. The molecule has 0 bridgehead atoms. The van der Waals surface area contributed by atoms with Crippen molar-refractivity contribution in [2.24, 2.45) is 4.99 Å². The predicted octanol–water partition coefficient (Wildman–Crippen LogP) is 3.18. The number of piperazine rings is 1. The number of aliphatic imine (C=N–C) groups is 1. The molecule has 13 heteroatoms. The fourth-order valence-electron chi connectivity index (χ4n) is 4.59. The SMILES string of the molecule is CC1=NC(=O)N(N(C=O)CCCN2CCN(c3cccc([N+](=O)[O-])n3)CC2)C(c2ccc(F)c(F)c2)C1. The van der Waals surface area contributed by atoms with E-state index in [0.29, 0.717) is 62.6 Å². The Morgan fingerprint density at radius 2 is 1.92 bits per heavy atom. The summed E-state index contributed by atoms with van der Waals surface area (Å²) in [6, 6.07) is 6.84. The molecule has 37 heavy (non-hydrogen) atoms. The van der Waals surface area contributed by atoms with Gasteiger partial charge in [-0.3, -0.25) is 14.7 Å². The Morgan fingerprint density at radius 1 is 1.16 bits per heavy atom. The van der Waals surface area contributed by atoms with Gasteiger partial charge in [-0.05, 0) is 47.0 Å². The first-order chi connectivity index (χ1) is 17.8. The van der Waals surface area contributed by atoms with Gasteiger partial charge in [0, 0.05) is 63.5 Å². The lowest BCUT2D eigenvalue weighted by atomic mass is 9.99. The van der Waals surface area contributed by atoms with E-state index < -0.39 is 28.6 Å². The minimum Gasteiger partial charge on any atom is -0.358 e. The molecular weight excluding hydrogens is 488 g/mol. The van der Waals surface area contributed by atoms with Crippen molar-refractivity contribution in [2.45, 2.75) is 25.8 Å². The number of nitro groups is 1. The highest BCUT2D eigenvalue weighted by Crippen LogP contribution is 2.31. The van der Waals surface area contributed by atoms with Crippen LogP contribution >= 0.6 is 0 Å². The number of pyridine rings is 1. The van der Waals surface area contributed by atoms with Crippen molar-refractivity contribution in [3.63, 3.8) is 0 Å². The van der Waals surface area contributed by atoms with Crippen LogP contribution in [0.15, 0.2) is 41.4 Å². The maximum Gasteiger partial charge on any atom is 0.365 e. The van der Waals surface area contributed by atoms with Crippen molar-refractivity contribution >= 4 is 29.8 Å². The number of hydrogen-bond donors (Lipinski definition) is 0. The number of nitrogens with zero attached hydrogens (tertiary/aromatic N) is 7. The van der Waals surface area contributed by atoms with Crippen molar-refractivity contribution in [1.29, 1.82) is 0 Å². The predicted molar refractivity (Wildman–Crippen MR) is 131 cm³/mol. The summed E-state index contributed by atoms with van der Waals surface area (Å²) in [5.74, 6) is -1.65. The van der Waals surface area contributed by atoms with Crippen LogP contribution in [0.2, 0.25) is 0 Å². The number of urea groups is 1. The zero-order valence-corrected chi connectivity index (χ0v) is 20.3. The molecule has 3 amide bonds. The van der Waals surface area contributed by atoms with Crippen LogP contribution in [0.4, 0.5) is 25.2 Å². The molecule has 3 heterocycles. The molecule has 1 aromatic carbocycles. The van der Waals surface area contributed by atoms with Crippen molar-refractivity contribution < 1.29 is 23.3 Å². The summed E-state index contributed by atoms with van der Waals surface area (Å²) in [5, 5.41) is 13.4. The maximum atomic E-state index is 13.9. The number of hydrazine groups is 1. The maximum absolute atomic E-state index is 13.9. The number of amides is 3. The normalized spacial score (nSPS) is 18.5. The topological polar surface area (TPSA) is 115 Å². The Morgan fingerprint density at radius 3 is 2.59 bits per heavy atom. The van der Waals surface area contributed by atoms with Gasteiger partial charge in [0.2, 0.25) is 12.2 Å². The average Bonchev–Trinajstić information content (AvgIpc) is 2.89. The van der Waals surface area contributed by atoms with E-state index in [4.69, 9.17) is 0 Å². The molecule has 0 radical (unpaired) electrons. The van der Waals surface area contributed by atoms with Gasteiger partial charge in [0.15, 0.2) is 11.6 Å². The average molecular weight is 516 g/mol. The van der Waals surface area contributed by atoms with E-state index in [-0.39, 0.29) is 18.8 Å². The van der Waals surface area contributed by atoms with Crippen LogP contribution in [-0.4, -0.2) is 82.2 Å². The third-order valence-electron chi connectivity index (χ3n) is 6.46. The third kappa shape index (κ3) is 6.05. The lowest BCUT2D eigenvalue weighted by molar-refractivity contribution is -0.389. The van der Waals surface area contributed by atoms with Gasteiger partial charge >= 0.3 is 11.8 Å². The molecule has 2 aliphatic rings. The second kappa shape index (κ2) is 11.4. The number of carbonyl (C=O) groups excluding carboxylic acids is 2. The molecule has 0 N–H and O–H groups in total. The third-order valence-corrected chi connectivity index (χ3v) is 6.46. The van der Waals surface area contributed by atoms with Gasteiger partial charge in [-0.1, -0.05) is 6.07 Å². The summed E-state index contributed by atoms with van der Waals surface area (Å²) in [5.41, 5.74) is 0.914. The zero-order chi connectivity index (χ0) is 26.5. The highest BCUT2D eigenvalue weighted by Gasteiger charge is 2.34. The summed E-state index contributed by atoms with van der Waals surface area (Å²) in [6.45, 7) is 5.25. The summed E-state index contributed by atoms with van der Waals surface area (Å²) < 4.78 is 27.4. The lowest BCUT2D eigenvalue weighted by Crippen LogP contribution is -2.51. The molecule has 1 fully saturated rings. The molecule has 1 atom stereocenters. The Labute approximate surface area is 212 Å². The van der Waals surface area contributed by atoms with Crippen LogP contribution in [0.5, 0.6) is 0 Å². The Hall–Kier alpha value is -4.00. The molecule has 2 aliphatic heterocycles. The number of rotatable bonds is 9. The molecule has 1 aromatic heterocycles. The zero-order valence-electron chi connectivity index (χ0n) is 20.3. The molecule has 0 aliphatic carbocycles. The number of anilines is 1. The molecule has 0 spiro atoms. The van der Waals surface area contributed by atoms with Gasteiger partial charge in [-0.25, -0.2) is 23.6 Å². The Kier molecular flexibility index (Phi) is 8.01. The lowest BCUT2D eigenvalue weighted by Gasteiger charge is -2.40. The molecule has 4 rings (SSSR count). The summed E-state index contributed by atoms with van der Waals surface area (Å²) in [7, 11) is 0. The van der Waals surface area contributed by atoms with E-state index in [1.54, 1.807) is 19.1 Å². The quantitative estimate of drug-likeness (QED) is 0.286. The number of carbonyl (C=O) groups is 2. The fourth-order valence-corrected chi connectivity index (χ4v) is 4.59.